The average molecular weight is 380 g/mol. The summed E-state index contributed by atoms with van der Waals surface area (Å²) in [4.78, 5) is 11.1. The maximum absolute atomic E-state index is 14.7. The minimum Gasteiger partial charge on any atom is -0.481 e. The van der Waals surface area contributed by atoms with E-state index in [0.717, 1.165) is 25.7 Å². The predicted octanol–water partition coefficient (Wildman–Crippen LogP) is 5.59. The summed E-state index contributed by atoms with van der Waals surface area (Å²) in [6, 6.07) is 8.73. The number of carboxylic acid groups (broad SMARTS) is 1. The minimum atomic E-state index is -0.961. The van der Waals surface area contributed by atoms with E-state index >= 15 is 0 Å². The van der Waals surface area contributed by atoms with Crippen molar-refractivity contribution < 1.29 is 18.7 Å². The lowest BCUT2D eigenvalue weighted by Gasteiger charge is -2.28. The molecule has 0 bridgehead atoms. The zero-order chi connectivity index (χ0) is 18.7. The maximum atomic E-state index is 14.7. The minimum absolute atomic E-state index is 0.0513. The normalized spacial score (nSPS) is 15.8. The van der Waals surface area contributed by atoms with E-state index in [0.29, 0.717) is 11.3 Å². The molecule has 2 aromatic carbocycles. The third kappa shape index (κ3) is 3.98. The lowest BCUT2D eigenvalue weighted by molar-refractivity contribution is -0.136. The van der Waals surface area contributed by atoms with Gasteiger partial charge in [0.1, 0.15) is 11.6 Å². The maximum Gasteiger partial charge on any atom is 0.307 e. The van der Waals surface area contributed by atoms with Crippen LogP contribution in [-0.4, -0.2) is 11.1 Å². The van der Waals surface area contributed by atoms with Crippen LogP contribution in [0.25, 0.3) is 0 Å². The Bertz CT molecular complexity index is 806. The molecule has 1 saturated carbocycles. The molecule has 0 aliphatic heterocycles. The molecule has 0 unspecified atom stereocenters. The van der Waals surface area contributed by atoms with Crippen LogP contribution in [-0.2, 0) is 11.2 Å². The van der Waals surface area contributed by atoms with Gasteiger partial charge in [0, 0.05) is 11.3 Å². The molecule has 3 rings (SSSR count). The summed E-state index contributed by atoms with van der Waals surface area (Å²) < 4.78 is 29.2. The summed E-state index contributed by atoms with van der Waals surface area (Å²) in [5.41, 5.74) is 1.07. The first-order valence-electron chi connectivity index (χ1n) is 8.67. The van der Waals surface area contributed by atoms with Crippen molar-refractivity contribution >= 4 is 23.3 Å². The number of halogens is 3. The van der Waals surface area contributed by atoms with Gasteiger partial charge in [-0.3, -0.25) is 4.79 Å². The highest BCUT2D eigenvalue weighted by Crippen LogP contribution is 2.41. The van der Waals surface area contributed by atoms with Gasteiger partial charge >= 0.3 is 5.97 Å². The average Bonchev–Trinajstić information content (AvgIpc) is 3.13. The van der Waals surface area contributed by atoms with Crippen molar-refractivity contribution in [3.05, 3.63) is 64.2 Å². The fourth-order valence-corrected chi connectivity index (χ4v) is 3.85. The molecule has 2 aromatic rings. The van der Waals surface area contributed by atoms with Gasteiger partial charge in [-0.2, -0.15) is 0 Å². The quantitative estimate of drug-likeness (QED) is 0.643. The highest BCUT2D eigenvalue weighted by molar-refractivity contribution is 6.30. The molecule has 26 heavy (non-hydrogen) atoms. The van der Waals surface area contributed by atoms with Crippen LogP contribution in [0.3, 0.4) is 0 Å². The summed E-state index contributed by atoms with van der Waals surface area (Å²) in [5, 5.41) is 12.2. The second kappa shape index (κ2) is 8.04. The van der Waals surface area contributed by atoms with Gasteiger partial charge in [0.15, 0.2) is 0 Å². The molecular weight excluding hydrogens is 360 g/mol. The number of hydrogen-bond donors (Lipinski definition) is 2. The van der Waals surface area contributed by atoms with Crippen molar-refractivity contribution in [1.82, 2.24) is 0 Å². The molecule has 0 aromatic heterocycles. The Balaban J connectivity index is 2.02. The van der Waals surface area contributed by atoms with Gasteiger partial charge < -0.3 is 10.4 Å². The van der Waals surface area contributed by atoms with Crippen LogP contribution >= 0.6 is 11.6 Å². The predicted molar refractivity (Wildman–Crippen MR) is 97.5 cm³/mol. The molecule has 1 fully saturated rings. The summed E-state index contributed by atoms with van der Waals surface area (Å²) >= 11 is 5.89. The third-order valence-corrected chi connectivity index (χ3v) is 5.22. The first-order chi connectivity index (χ1) is 12.5. The smallest absolute Gasteiger partial charge is 0.307 e. The van der Waals surface area contributed by atoms with Crippen molar-refractivity contribution in [3.8, 4) is 0 Å². The van der Waals surface area contributed by atoms with Gasteiger partial charge in [-0.05, 0) is 42.5 Å². The van der Waals surface area contributed by atoms with E-state index in [4.69, 9.17) is 16.7 Å². The molecule has 1 atom stereocenters. The third-order valence-electron chi connectivity index (χ3n) is 4.93. The number of hydrogen-bond acceptors (Lipinski definition) is 2. The Morgan fingerprint density at radius 2 is 1.88 bits per heavy atom. The Morgan fingerprint density at radius 1 is 1.19 bits per heavy atom. The van der Waals surface area contributed by atoms with Crippen molar-refractivity contribution in [2.24, 2.45) is 5.92 Å². The molecule has 0 saturated heterocycles. The van der Waals surface area contributed by atoms with Crippen LogP contribution in [0.15, 0.2) is 36.4 Å². The standard InChI is InChI=1S/C20H20ClF2NO2/c21-14-9-10-15(22)18(19(14)23)20(12-5-1-2-6-12)24-16-8-4-3-7-13(16)11-17(25)26/h3-4,7-10,12,20,24H,1-2,5-6,11H2,(H,25,26)/t20-/m0/s1. The fourth-order valence-electron chi connectivity index (χ4n) is 3.69. The van der Waals surface area contributed by atoms with E-state index in [9.17, 15) is 13.6 Å². The second-order valence-corrected chi connectivity index (χ2v) is 7.06. The van der Waals surface area contributed by atoms with Crippen LogP contribution in [0.1, 0.15) is 42.9 Å². The largest absolute Gasteiger partial charge is 0.481 e. The van der Waals surface area contributed by atoms with Gasteiger partial charge in [0.2, 0.25) is 0 Å². The van der Waals surface area contributed by atoms with Crippen molar-refractivity contribution in [3.63, 3.8) is 0 Å². The Labute approximate surface area is 156 Å². The number of para-hydroxylation sites is 1. The molecule has 6 heteroatoms. The van der Waals surface area contributed by atoms with Crippen molar-refractivity contribution in [2.45, 2.75) is 38.1 Å². The number of carboxylic acids is 1. The molecule has 2 N–H and O–H groups in total. The Hall–Kier alpha value is -2.14. The fraction of sp³-hybridized carbons (Fsp3) is 0.350. The van der Waals surface area contributed by atoms with Gasteiger partial charge in [-0.25, -0.2) is 8.78 Å². The number of nitrogens with one attached hydrogen (secondary N) is 1. The van der Waals surface area contributed by atoms with E-state index in [-0.39, 0.29) is 22.9 Å². The molecular formula is C20H20ClF2NO2. The van der Waals surface area contributed by atoms with E-state index in [1.807, 2.05) is 0 Å². The summed E-state index contributed by atoms with van der Waals surface area (Å²) in [6.07, 6.45) is 3.54. The molecule has 1 aliphatic carbocycles. The first-order valence-corrected chi connectivity index (χ1v) is 9.04. The topological polar surface area (TPSA) is 49.3 Å². The second-order valence-electron chi connectivity index (χ2n) is 6.65. The van der Waals surface area contributed by atoms with Crippen LogP contribution < -0.4 is 5.32 Å². The zero-order valence-electron chi connectivity index (χ0n) is 14.1. The van der Waals surface area contributed by atoms with Crippen LogP contribution in [0, 0.1) is 17.6 Å². The lowest BCUT2D eigenvalue weighted by atomic mass is 9.90. The number of benzene rings is 2. The van der Waals surface area contributed by atoms with Gasteiger partial charge in [0.05, 0.1) is 17.5 Å². The summed E-state index contributed by atoms with van der Waals surface area (Å²) in [7, 11) is 0. The molecule has 3 nitrogen and oxygen atoms in total. The van der Waals surface area contributed by atoms with E-state index < -0.39 is 23.6 Å². The summed E-state index contributed by atoms with van der Waals surface area (Å²) in [6.45, 7) is 0. The monoisotopic (exact) mass is 379 g/mol. The van der Waals surface area contributed by atoms with Crippen LogP contribution in [0.4, 0.5) is 14.5 Å². The molecule has 0 radical (unpaired) electrons. The highest BCUT2D eigenvalue weighted by atomic mass is 35.5. The van der Waals surface area contributed by atoms with Crippen molar-refractivity contribution in [2.75, 3.05) is 5.32 Å². The van der Waals surface area contributed by atoms with Crippen LogP contribution in [0.2, 0.25) is 5.02 Å². The van der Waals surface area contributed by atoms with E-state index in [1.54, 1.807) is 24.3 Å². The molecule has 0 spiro atoms. The molecule has 0 amide bonds. The Kier molecular flexibility index (Phi) is 5.77. The van der Waals surface area contributed by atoms with Gasteiger partial charge in [0.25, 0.3) is 0 Å². The van der Waals surface area contributed by atoms with Crippen LogP contribution in [0.5, 0.6) is 0 Å². The van der Waals surface area contributed by atoms with Crippen molar-refractivity contribution in [1.29, 1.82) is 0 Å². The first kappa shape index (κ1) is 18.6. The lowest BCUT2D eigenvalue weighted by Crippen LogP contribution is -2.23. The Morgan fingerprint density at radius 3 is 2.58 bits per heavy atom. The number of carbonyl (C=O) groups is 1. The summed E-state index contributed by atoms with van der Waals surface area (Å²) in [5.74, 6) is -2.31. The molecule has 0 heterocycles. The number of anilines is 1. The SMILES string of the molecule is O=C(O)Cc1ccccc1N[C@H](c1c(F)ccc(Cl)c1F)C1CCCC1. The van der Waals surface area contributed by atoms with Gasteiger partial charge in [-0.15, -0.1) is 0 Å². The highest BCUT2D eigenvalue weighted by Gasteiger charge is 2.32. The number of rotatable bonds is 6. The molecule has 138 valence electrons. The van der Waals surface area contributed by atoms with Gasteiger partial charge in [-0.1, -0.05) is 42.6 Å². The number of aliphatic carboxylic acids is 1. The van der Waals surface area contributed by atoms with E-state index in [2.05, 4.69) is 5.32 Å². The molecule has 1 aliphatic rings. The van der Waals surface area contributed by atoms with E-state index in [1.165, 1.54) is 12.1 Å². The zero-order valence-corrected chi connectivity index (χ0v) is 14.9.